The highest BCUT2D eigenvalue weighted by atomic mass is 35.5. The molecular formula is C16H23Cl2N3O2S. The van der Waals surface area contributed by atoms with Gasteiger partial charge in [0.05, 0.1) is 23.6 Å². The monoisotopic (exact) mass is 391 g/mol. The third-order valence-corrected chi connectivity index (χ3v) is 3.90. The number of hydrogen-bond donors (Lipinski definition) is 2. The molecule has 0 bridgehead atoms. The molecule has 5 nitrogen and oxygen atoms in total. The minimum atomic E-state index is -0.0876. The average Bonchev–Trinajstić information content (AvgIpc) is 3.04. The lowest BCUT2D eigenvalue weighted by Gasteiger charge is -2.09. The zero-order chi connectivity index (χ0) is 15.8. The summed E-state index contributed by atoms with van der Waals surface area (Å²) in [4.78, 5) is 16.7. The molecule has 0 saturated carbocycles. The molecule has 2 N–H and O–H groups in total. The predicted octanol–water partition coefficient (Wildman–Crippen LogP) is 2.93. The first-order chi connectivity index (χ1) is 10.7. The molecule has 0 aliphatic rings. The highest BCUT2D eigenvalue weighted by Gasteiger charge is 2.11. The minimum Gasteiger partial charge on any atom is -0.383 e. The van der Waals surface area contributed by atoms with E-state index in [2.05, 4.69) is 15.6 Å². The molecule has 1 amide bonds. The number of methoxy groups -OCH3 is 1. The summed E-state index contributed by atoms with van der Waals surface area (Å²) in [7, 11) is 1.67. The maximum Gasteiger partial charge on any atom is 0.253 e. The van der Waals surface area contributed by atoms with Crippen LogP contribution in [0.4, 0.5) is 0 Å². The van der Waals surface area contributed by atoms with Gasteiger partial charge in [0.2, 0.25) is 0 Å². The van der Waals surface area contributed by atoms with Crippen molar-refractivity contribution >= 4 is 42.1 Å². The third-order valence-electron chi connectivity index (χ3n) is 3.22. The lowest BCUT2D eigenvalue weighted by atomic mass is 10.1. The van der Waals surface area contributed by atoms with Crippen molar-refractivity contribution in [1.82, 2.24) is 15.6 Å². The molecule has 0 fully saturated rings. The largest absolute Gasteiger partial charge is 0.383 e. The first-order valence-corrected chi connectivity index (χ1v) is 8.14. The Morgan fingerprint density at radius 3 is 2.62 bits per heavy atom. The van der Waals surface area contributed by atoms with Crippen molar-refractivity contribution in [3.8, 4) is 11.3 Å². The third kappa shape index (κ3) is 6.75. The fraction of sp³-hybridized carbons (Fsp3) is 0.375. The Labute approximate surface area is 159 Å². The van der Waals surface area contributed by atoms with Gasteiger partial charge in [0, 0.05) is 37.7 Å². The van der Waals surface area contributed by atoms with Gasteiger partial charge in [0.15, 0.2) is 0 Å². The zero-order valence-electron chi connectivity index (χ0n) is 13.7. The Hall–Kier alpha value is -1.18. The average molecular weight is 392 g/mol. The van der Waals surface area contributed by atoms with Crippen LogP contribution in [0, 0.1) is 6.92 Å². The van der Waals surface area contributed by atoms with Gasteiger partial charge in [0.1, 0.15) is 0 Å². The number of carbonyl (C=O) groups excluding carboxylic acids is 1. The van der Waals surface area contributed by atoms with Gasteiger partial charge in [-0.15, -0.1) is 24.8 Å². The molecule has 0 spiro atoms. The van der Waals surface area contributed by atoms with Crippen LogP contribution in [-0.4, -0.2) is 44.2 Å². The molecule has 0 aromatic carbocycles. The summed E-state index contributed by atoms with van der Waals surface area (Å²) in [5.41, 5.74) is 3.35. The SMILES string of the molecule is COCCNCCNC(=O)c1ccc(-c2ccsc2)nc1C.Cl.Cl. The summed E-state index contributed by atoms with van der Waals surface area (Å²) in [6.07, 6.45) is 0. The second-order valence-electron chi connectivity index (χ2n) is 4.84. The highest BCUT2D eigenvalue weighted by Crippen LogP contribution is 2.21. The van der Waals surface area contributed by atoms with Gasteiger partial charge in [-0.25, -0.2) is 0 Å². The van der Waals surface area contributed by atoms with Gasteiger partial charge in [-0.05, 0) is 30.5 Å². The number of thiophene rings is 1. The van der Waals surface area contributed by atoms with E-state index in [4.69, 9.17) is 4.74 Å². The van der Waals surface area contributed by atoms with Crippen LogP contribution in [-0.2, 0) is 4.74 Å². The smallest absolute Gasteiger partial charge is 0.253 e. The Kier molecular flexibility index (Phi) is 11.6. The number of nitrogens with zero attached hydrogens (tertiary/aromatic N) is 1. The van der Waals surface area contributed by atoms with E-state index >= 15 is 0 Å². The molecule has 2 aromatic rings. The molecule has 0 radical (unpaired) electrons. The van der Waals surface area contributed by atoms with E-state index in [0.29, 0.717) is 25.3 Å². The van der Waals surface area contributed by atoms with Gasteiger partial charge < -0.3 is 15.4 Å². The van der Waals surface area contributed by atoms with E-state index in [1.54, 1.807) is 18.4 Å². The molecule has 2 rings (SSSR count). The van der Waals surface area contributed by atoms with Gasteiger partial charge in [-0.2, -0.15) is 11.3 Å². The second-order valence-corrected chi connectivity index (χ2v) is 5.62. The first kappa shape index (κ1) is 22.8. The standard InChI is InChI=1S/C16H21N3O2S.2ClH/c1-12-14(16(20)18-7-6-17-8-9-21-2)3-4-15(19-12)13-5-10-22-11-13;;/h3-5,10-11,17H,6-9H2,1-2H3,(H,18,20);2*1H. The zero-order valence-corrected chi connectivity index (χ0v) is 16.2. The number of amides is 1. The quantitative estimate of drug-likeness (QED) is 0.679. The van der Waals surface area contributed by atoms with Crippen molar-refractivity contribution in [2.24, 2.45) is 0 Å². The minimum absolute atomic E-state index is 0. The Balaban J connectivity index is 0.00000264. The van der Waals surface area contributed by atoms with Crippen LogP contribution >= 0.6 is 36.2 Å². The van der Waals surface area contributed by atoms with Crippen LogP contribution in [0.3, 0.4) is 0 Å². The number of aryl methyl sites for hydroxylation is 1. The van der Waals surface area contributed by atoms with Crippen molar-refractivity contribution in [1.29, 1.82) is 0 Å². The van der Waals surface area contributed by atoms with Crippen molar-refractivity contribution in [3.63, 3.8) is 0 Å². The van der Waals surface area contributed by atoms with Crippen molar-refractivity contribution in [3.05, 3.63) is 40.2 Å². The molecule has 134 valence electrons. The number of hydrogen-bond acceptors (Lipinski definition) is 5. The molecule has 0 unspecified atom stereocenters. The number of pyridine rings is 1. The van der Waals surface area contributed by atoms with Crippen LogP contribution < -0.4 is 10.6 Å². The molecule has 2 aromatic heterocycles. The molecule has 24 heavy (non-hydrogen) atoms. The van der Waals surface area contributed by atoms with Crippen LogP contribution in [0.1, 0.15) is 16.1 Å². The summed E-state index contributed by atoms with van der Waals surface area (Å²) in [6.45, 7) is 4.60. The van der Waals surface area contributed by atoms with Gasteiger partial charge in [-0.3, -0.25) is 9.78 Å². The number of ether oxygens (including phenoxy) is 1. The molecule has 0 saturated heterocycles. The molecule has 2 heterocycles. The number of carbonyl (C=O) groups is 1. The maximum atomic E-state index is 12.2. The van der Waals surface area contributed by atoms with Crippen LogP contribution in [0.2, 0.25) is 0 Å². The van der Waals surface area contributed by atoms with Crippen molar-refractivity contribution in [2.45, 2.75) is 6.92 Å². The molecule has 0 aliphatic carbocycles. The predicted molar refractivity (Wildman–Crippen MR) is 104 cm³/mol. The highest BCUT2D eigenvalue weighted by molar-refractivity contribution is 7.08. The fourth-order valence-electron chi connectivity index (χ4n) is 2.03. The fourth-order valence-corrected chi connectivity index (χ4v) is 2.68. The van der Waals surface area contributed by atoms with Crippen molar-refractivity contribution in [2.75, 3.05) is 33.4 Å². The lowest BCUT2D eigenvalue weighted by Crippen LogP contribution is -2.33. The van der Waals surface area contributed by atoms with Gasteiger partial charge in [-0.1, -0.05) is 0 Å². The van der Waals surface area contributed by atoms with Gasteiger partial charge >= 0.3 is 0 Å². The number of halogens is 2. The van der Waals surface area contributed by atoms with E-state index in [9.17, 15) is 4.79 Å². The lowest BCUT2D eigenvalue weighted by molar-refractivity contribution is 0.0952. The Morgan fingerprint density at radius 2 is 2.00 bits per heavy atom. The summed E-state index contributed by atoms with van der Waals surface area (Å²) in [5.74, 6) is -0.0876. The maximum absolute atomic E-state index is 12.2. The summed E-state index contributed by atoms with van der Waals surface area (Å²) >= 11 is 1.63. The van der Waals surface area contributed by atoms with Crippen LogP contribution in [0.5, 0.6) is 0 Å². The Bertz CT molecular complexity index is 609. The number of nitrogens with one attached hydrogen (secondary N) is 2. The molecule has 0 atom stereocenters. The summed E-state index contributed by atoms with van der Waals surface area (Å²) in [6, 6.07) is 5.75. The second kappa shape index (κ2) is 12.2. The number of rotatable bonds is 8. The van der Waals surface area contributed by atoms with E-state index in [-0.39, 0.29) is 30.7 Å². The van der Waals surface area contributed by atoms with E-state index < -0.39 is 0 Å². The summed E-state index contributed by atoms with van der Waals surface area (Å²) in [5, 5.41) is 10.1. The molecular weight excluding hydrogens is 369 g/mol. The van der Waals surface area contributed by atoms with Gasteiger partial charge in [0.25, 0.3) is 5.91 Å². The topological polar surface area (TPSA) is 63.2 Å². The molecule has 8 heteroatoms. The Morgan fingerprint density at radius 1 is 1.21 bits per heavy atom. The van der Waals surface area contributed by atoms with Crippen molar-refractivity contribution < 1.29 is 9.53 Å². The normalized spacial score (nSPS) is 9.75. The van der Waals surface area contributed by atoms with Crippen LogP contribution in [0.15, 0.2) is 29.0 Å². The number of aromatic nitrogens is 1. The van der Waals surface area contributed by atoms with E-state index in [1.807, 2.05) is 35.9 Å². The summed E-state index contributed by atoms with van der Waals surface area (Å²) < 4.78 is 4.94. The van der Waals surface area contributed by atoms with Crippen LogP contribution in [0.25, 0.3) is 11.3 Å². The first-order valence-electron chi connectivity index (χ1n) is 7.20. The van der Waals surface area contributed by atoms with E-state index in [0.717, 1.165) is 23.5 Å². The van der Waals surface area contributed by atoms with E-state index in [1.165, 1.54) is 0 Å². The molecule has 0 aliphatic heterocycles.